The predicted molar refractivity (Wildman–Crippen MR) is 166 cm³/mol. The van der Waals surface area contributed by atoms with Gasteiger partial charge in [-0.25, -0.2) is 0 Å². The van der Waals surface area contributed by atoms with E-state index < -0.39 is 17.4 Å². The Balaban J connectivity index is 2.62. The van der Waals surface area contributed by atoms with E-state index in [-0.39, 0.29) is 52.2 Å². The second-order valence-corrected chi connectivity index (χ2v) is 14.8. The lowest BCUT2D eigenvalue weighted by molar-refractivity contribution is -0.177. The Kier molecular flexibility index (Phi) is 11.8. The summed E-state index contributed by atoms with van der Waals surface area (Å²) >= 11 is 0. The predicted octanol–water partition coefficient (Wildman–Crippen LogP) is 8.04. The summed E-state index contributed by atoms with van der Waals surface area (Å²) in [7, 11) is 0. The minimum Gasteiger partial charge on any atom is -0.481 e. The van der Waals surface area contributed by atoms with E-state index in [0.717, 1.165) is 64.2 Å². The molecular formula is C34H64N2O4. The van der Waals surface area contributed by atoms with Gasteiger partial charge in [0.2, 0.25) is 0 Å². The van der Waals surface area contributed by atoms with Crippen LogP contribution in [0.25, 0.3) is 0 Å². The van der Waals surface area contributed by atoms with Crippen molar-refractivity contribution in [3.63, 3.8) is 0 Å². The van der Waals surface area contributed by atoms with Gasteiger partial charge in [0.1, 0.15) is 0 Å². The highest BCUT2D eigenvalue weighted by molar-refractivity contribution is 5.76. The average molecular weight is 565 g/mol. The molecule has 2 aliphatic rings. The summed E-state index contributed by atoms with van der Waals surface area (Å²) in [6.07, 6.45) is 11.0. The molecule has 6 nitrogen and oxygen atoms in total. The van der Waals surface area contributed by atoms with Crippen molar-refractivity contribution in [2.75, 3.05) is 0 Å². The van der Waals surface area contributed by atoms with E-state index in [4.69, 9.17) is 5.11 Å². The Labute approximate surface area is 246 Å². The van der Waals surface area contributed by atoms with Gasteiger partial charge in [0.25, 0.3) is 0 Å². The van der Waals surface area contributed by atoms with Gasteiger partial charge in [-0.15, -0.1) is 0 Å². The molecule has 0 amide bonds. The number of piperidine rings is 2. The first-order chi connectivity index (χ1) is 18.5. The first kappa shape index (κ1) is 35.1. The van der Waals surface area contributed by atoms with Crippen molar-refractivity contribution < 1.29 is 19.8 Å². The number of hydrogen-bond acceptors (Lipinski definition) is 4. The fourth-order valence-corrected chi connectivity index (χ4v) is 8.76. The molecule has 8 atom stereocenters. The third-order valence-corrected chi connectivity index (χ3v) is 12.5. The van der Waals surface area contributed by atoms with Crippen LogP contribution in [0.3, 0.4) is 0 Å². The van der Waals surface area contributed by atoms with Gasteiger partial charge in [-0.2, -0.15) is 0 Å². The first-order valence-corrected chi connectivity index (χ1v) is 16.6. The number of hydrogen-bond donors (Lipinski definition) is 4. The van der Waals surface area contributed by atoms with Crippen LogP contribution in [-0.2, 0) is 9.59 Å². The molecule has 2 fully saturated rings. The molecule has 0 spiro atoms. The normalized spacial score (nSPS) is 40.0. The van der Waals surface area contributed by atoms with Crippen molar-refractivity contribution in [2.45, 2.75) is 175 Å². The van der Waals surface area contributed by atoms with E-state index in [1.807, 2.05) is 0 Å². The van der Waals surface area contributed by atoms with Crippen molar-refractivity contribution in [1.29, 1.82) is 0 Å². The maximum Gasteiger partial charge on any atom is 0.310 e. The number of nitrogens with one attached hydrogen (secondary N) is 2. The monoisotopic (exact) mass is 564 g/mol. The van der Waals surface area contributed by atoms with Crippen molar-refractivity contribution >= 4 is 11.9 Å². The lowest BCUT2D eigenvalue weighted by Gasteiger charge is -2.63. The lowest BCUT2D eigenvalue weighted by Crippen LogP contribution is -2.71. The molecule has 0 bridgehead atoms. The zero-order valence-corrected chi connectivity index (χ0v) is 27.7. The van der Waals surface area contributed by atoms with Crippen LogP contribution in [0.4, 0.5) is 0 Å². The second-order valence-electron chi connectivity index (χ2n) is 14.8. The minimum absolute atomic E-state index is 0.0703. The van der Waals surface area contributed by atoms with Gasteiger partial charge in [0.05, 0.1) is 5.41 Å². The van der Waals surface area contributed by atoms with Crippen LogP contribution in [0, 0.1) is 29.1 Å². The fourth-order valence-electron chi connectivity index (χ4n) is 8.76. The first-order valence-electron chi connectivity index (χ1n) is 16.6. The van der Waals surface area contributed by atoms with Crippen molar-refractivity contribution in [3.8, 4) is 0 Å². The van der Waals surface area contributed by atoms with Gasteiger partial charge < -0.3 is 20.8 Å². The third kappa shape index (κ3) is 7.07. The maximum absolute atomic E-state index is 14.0. The summed E-state index contributed by atoms with van der Waals surface area (Å²) in [5.41, 5.74) is -1.26. The largest absolute Gasteiger partial charge is 0.481 e. The maximum atomic E-state index is 14.0. The second kappa shape index (κ2) is 13.4. The van der Waals surface area contributed by atoms with E-state index in [0.29, 0.717) is 12.8 Å². The molecule has 0 radical (unpaired) electrons. The molecule has 0 aromatic heterocycles. The van der Waals surface area contributed by atoms with Crippen LogP contribution < -0.4 is 10.6 Å². The topological polar surface area (TPSA) is 98.7 Å². The standard InChI is InChI=1S/C34H64N2O4/c1-11-30(7)22-26(24(5)32(9,13-3)35-30)34(29(39)40,21-19-17-15-16-18-20-28(37)38)27-23-31(8,12-2)36-33(10,14-4)25(27)6/h24-27,35-36H,11-23H2,1-10H3,(H,37,38)(H,39,40). The molecule has 2 rings (SSSR count). The molecule has 2 heterocycles. The number of carboxylic acids is 2. The summed E-state index contributed by atoms with van der Waals surface area (Å²) in [5, 5.41) is 28.6. The van der Waals surface area contributed by atoms with Crippen LogP contribution in [0.2, 0.25) is 0 Å². The van der Waals surface area contributed by atoms with Gasteiger partial charge in [0, 0.05) is 28.6 Å². The summed E-state index contributed by atoms with van der Waals surface area (Å²) in [4.78, 5) is 25.0. The highest BCUT2D eigenvalue weighted by Gasteiger charge is 2.63. The lowest BCUT2D eigenvalue weighted by atomic mass is 9.47. The molecule has 0 aromatic rings. The quantitative estimate of drug-likeness (QED) is 0.150. The van der Waals surface area contributed by atoms with Crippen molar-refractivity contribution in [1.82, 2.24) is 10.6 Å². The summed E-state index contributed by atoms with van der Waals surface area (Å²) in [6.45, 7) is 22.9. The third-order valence-electron chi connectivity index (χ3n) is 12.5. The van der Waals surface area contributed by atoms with E-state index in [2.05, 4.69) is 79.9 Å². The van der Waals surface area contributed by atoms with Gasteiger partial charge in [-0.05, 0) is 103 Å². The molecule has 40 heavy (non-hydrogen) atoms. The Morgan fingerprint density at radius 2 is 1.10 bits per heavy atom. The van der Waals surface area contributed by atoms with E-state index in [1.165, 1.54) is 0 Å². The van der Waals surface area contributed by atoms with Crippen LogP contribution in [0.15, 0.2) is 0 Å². The Bertz CT molecular complexity index is 817. The highest BCUT2D eigenvalue weighted by Crippen LogP contribution is 2.59. The van der Waals surface area contributed by atoms with Gasteiger partial charge in [-0.1, -0.05) is 67.2 Å². The molecule has 234 valence electrons. The van der Waals surface area contributed by atoms with E-state index in [1.54, 1.807) is 0 Å². The molecule has 0 aromatic carbocycles. The zero-order valence-electron chi connectivity index (χ0n) is 27.7. The van der Waals surface area contributed by atoms with Crippen molar-refractivity contribution in [2.24, 2.45) is 29.1 Å². The summed E-state index contributed by atoms with van der Waals surface area (Å²) in [6, 6.07) is 0. The van der Waals surface area contributed by atoms with Crippen LogP contribution >= 0.6 is 0 Å². The Hall–Kier alpha value is -1.14. The molecular weight excluding hydrogens is 500 g/mol. The van der Waals surface area contributed by atoms with Gasteiger partial charge in [-0.3, -0.25) is 9.59 Å². The number of carboxylic acid groups (broad SMARTS) is 2. The molecule has 0 saturated carbocycles. The number of rotatable bonds is 15. The van der Waals surface area contributed by atoms with Crippen molar-refractivity contribution in [3.05, 3.63) is 0 Å². The molecule has 4 N–H and O–H groups in total. The fraction of sp³-hybridized carbons (Fsp3) is 0.941. The number of carbonyl (C=O) groups is 2. The SMILES string of the molecule is CCC1(C)CC(C(CCCCCCCC(=O)O)(C(=O)O)C2CC(C)(CC)NC(C)(CC)C2C)C(C)C(C)(CC)N1. The van der Waals surface area contributed by atoms with Crippen LogP contribution in [-0.4, -0.2) is 44.3 Å². The van der Waals surface area contributed by atoms with E-state index >= 15 is 0 Å². The Morgan fingerprint density at radius 3 is 1.45 bits per heavy atom. The molecule has 2 saturated heterocycles. The summed E-state index contributed by atoms with van der Waals surface area (Å²) in [5.74, 6) is -0.731. The summed E-state index contributed by atoms with van der Waals surface area (Å²) < 4.78 is 0. The minimum atomic E-state index is -0.816. The smallest absolute Gasteiger partial charge is 0.310 e. The molecule has 0 aliphatic carbocycles. The van der Waals surface area contributed by atoms with Crippen LogP contribution in [0.1, 0.15) is 153 Å². The number of unbranched alkanes of at least 4 members (excludes halogenated alkanes) is 4. The number of aliphatic carboxylic acids is 2. The van der Waals surface area contributed by atoms with Crippen LogP contribution in [0.5, 0.6) is 0 Å². The van der Waals surface area contributed by atoms with E-state index in [9.17, 15) is 14.7 Å². The highest BCUT2D eigenvalue weighted by atomic mass is 16.4. The van der Waals surface area contributed by atoms with Gasteiger partial charge in [0.15, 0.2) is 0 Å². The molecule has 8 unspecified atom stereocenters. The molecule has 6 heteroatoms. The zero-order chi connectivity index (χ0) is 30.6. The average Bonchev–Trinajstić information content (AvgIpc) is 2.90. The Morgan fingerprint density at radius 1 is 0.700 bits per heavy atom. The molecule has 2 aliphatic heterocycles. The van der Waals surface area contributed by atoms with Gasteiger partial charge >= 0.3 is 11.9 Å².